The third-order valence-corrected chi connectivity index (χ3v) is 3.18. The van der Waals surface area contributed by atoms with Crippen LogP contribution in [-0.2, 0) is 17.8 Å². The van der Waals surface area contributed by atoms with Gasteiger partial charge in [-0.1, -0.05) is 0 Å². The topological polar surface area (TPSA) is 83.3 Å². The molecular formula is C12H14BrN3O3. The fourth-order valence-corrected chi connectivity index (χ4v) is 2.14. The Morgan fingerprint density at radius 3 is 3.00 bits per heavy atom. The number of rotatable bonds is 6. The SMILES string of the molecule is COCCn1ncc(Br)c1C(=O)c1ccc(CN)o1. The first-order valence-electron chi connectivity index (χ1n) is 5.71. The lowest BCUT2D eigenvalue weighted by atomic mass is 10.2. The summed E-state index contributed by atoms with van der Waals surface area (Å²) in [5, 5.41) is 4.13. The van der Waals surface area contributed by atoms with Crippen LogP contribution >= 0.6 is 15.9 Å². The largest absolute Gasteiger partial charge is 0.456 e. The molecule has 0 amide bonds. The zero-order chi connectivity index (χ0) is 13.8. The Kier molecular flexibility index (Phi) is 4.52. The molecule has 7 heteroatoms. The van der Waals surface area contributed by atoms with Gasteiger partial charge in [0.05, 0.1) is 30.4 Å². The van der Waals surface area contributed by atoms with Gasteiger partial charge in [0, 0.05) is 7.11 Å². The van der Waals surface area contributed by atoms with E-state index in [4.69, 9.17) is 14.9 Å². The van der Waals surface area contributed by atoms with E-state index in [1.165, 1.54) is 0 Å². The Hall–Kier alpha value is -1.44. The van der Waals surface area contributed by atoms with Crippen molar-refractivity contribution in [2.45, 2.75) is 13.1 Å². The lowest BCUT2D eigenvalue weighted by molar-refractivity contribution is 0.0993. The number of aromatic nitrogens is 2. The molecule has 2 heterocycles. The van der Waals surface area contributed by atoms with Gasteiger partial charge in [-0.05, 0) is 28.1 Å². The molecule has 2 rings (SSSR count). The van der Waals surface area contributed by atoms with Crippen LogP contribution in [0.4, 0.5) is 0 Å². The number of ketones is 1. The van der Waals surface area contributed by atoms with Crippen LogP contribution in [0.3, 0.4) is 0 Å². The van der Waals surface area contributed by atoms with E-state index in [1.54, 1.807) is 30.1 Å². The molecule has 19 heavy (non-hydrogen) atoms. The predicted octanol–water partition coefficient (Wildman–Crippen LogP) is 1.57. The highest BCUT2D eigenvalue weighted by atomic mass is 79.9. The van der Waals surface area contributed by atoms with Gasteiger partial charge in [0.25, 0.3) is 0 Å². The fraction of sp³-hybridized carbons (Fsp3) is 0.333. The van der Waals surface area contributed by atoms with Crippen LogP contribution in [0.15, 0.2) is 27.2 Å². The van der Waals surface area contributed by atoms with Crippen molar-refractivity contribution in [2.24, 2.45) is 5.73 Å². The fourth-order valence-electron chi connectivity index (χ4n) is 1.66. The molecule has 0 atom stereocenters. The summed E-state index contributed by atoms with van der Waals surface area (Å²) < 4.78 is 12.6. The van der Waals surface area contributed by atoms with Crippen LogP contribution in [-0.4, -0.2) is 29.3 Å². The van der Waals surface area contributed by atoms with Crippen LogP contribution in [0.2, 0.25) is 0 Å². The van der Waals surface area contributed by atoms with Gasteiger partial charge in [-0.3, -0.25) is 9.48 Å². The standard InChI is InChI=1S/C12H14BrN3O3/c1-18-5-4-16-11(9(13)7-15-16)12(17)10-3-2-8(6-14)19-10/h2-3,7H,4-6,14H2,1H3. The molecule has 2 N–H and O–H groups in total. The van der Waals surface area contributed by atoms with Gasteiger partial charge in [-0.25, -0.2) is 0 Å². The normalized spacial score (nSPS) is 10.9. The third-order valence-electron chi connectivity index (χ3n) is 2.60. The summed E-state index contributed by atoms with van der Waals surface area (Å²) in [5.74, 6) is 0.586. The maximum absolute atomic E-state index is 12.4. The predicted molar refractivity (Wildman–Crippen MR) is 71.8 cm³/mol. The molecular weight excluding hydrogens is 314 g/mol. The Morgan fingerprint density at radius 1 is 1.58 bits per heavy atom. The third kappa shape index (κ3) is 2.94. The van der Waals surface area contributed by atoms with Crippen molar-refractivity contribution < 1.29 is 13.9 Å². The van der Waals surface area contributed by atoms with E-state index in [2.05, 4.69) is 21.0 Å². The van der Waals surface area contributed by atoms with E-state index in [1.807, 2.05) is 0 Å². The summed E-state index contributed by atoms with van der Waals surface area (Å²) in [6, 6.07) is 3.31. The van der Waals surface area contributed by atoms with Crippen molar-refractivity contribution in [1.82, 2.24) is 9.78 Å². The zero-order valence-corrected chi connectivity index (χ0v) is 12.0. The maximum atomic E-state index is 12.4. The van der Waals surface area contributed by atoms with Gasteiger partial charge in [-0.2, -0.15) is 5.10 Å². The number of hydrogen-bond donors (Lipinski definition) is 1. The molecule has 0 spiro atoms. The van der Waals surface area contributed by atoms with Gasteiger partial charge >= 0.3 is 0 Å². The van der Waals surface area contributed by atoms with Crippen LogP contribution in [0.25, 0.3) is 0 Å². The molecule has 0 saturated heterocycles. The summed E-state index contributed by atoms with van der Waals surface area (Å²) in [6.45, 7) is 1.23. The van der Waals surface area contributed by atoms with E-state index in [0.717, 1.165) is 0 Å². The molecule has 2 aromatic rings. The lowest BCUT2D eigenvalue weighted by Gasteiger charge is -2.05. The number of ether oxygens (including phenoxy) is 1. The van der Waals surface area contributed by atoms with Crippen molar-refractivity contribution in [3.8, 4) is 0 Å². The minimum absolute atomic E-state index is 0.236. The van der Waals surface area contributed by atoms with Crippen LogP contribution in [0.1, 0.15) is 22.0 Å². The summed E-state index contributed by atoms with van der Waals surface area (Å²) in [4.78, 5) is 12.4. The Morgan fingerprint density at radius 2 is 2.37 bits per heavy atom. The van der Waals surface area contributed by atoms with Crippen molar-refractivity contribution >= 4 is 21.7 Å². The molecule has 102 valence electrons. The molecule has 0 saturated carbocycles. The number of hydrogen-bond acceptors (Lipinski definition) is 5. The second-order valence-electron chi connectivity index (χ2n) is 3.86. The van der Waals surface area contributed by atoms with Gasteiger partial charge < -0.3 is 14.9 Å². The van der Waals surface area contributed by atoms with E-state index in [9.17, 15) is 4.79 Å². The van der Waals surface area contributed by atoms with E-state index >= 15 is 0 Å². The van der Waals surface area contributed by atoms with Crippen LogP contribution < -0.4 is 5.73 Å². The number of nitrogens with zero attached hydrogens (tertiary/aromatic N) is 2. The molecule has 0 aliphatic rings. The highest BCUT2D eigenvalue weighted by molar-refractivity contribution is 9.10. The Labute approximate surface area is 118 Å². The molecule has 0 bridgehead atoms. The van der Waals surface area contributed by atoms with E-state index in [0.29, 0.717) is 29.1 Å². The number of nitrogens with two attached hydrogens (primary N) is 1. The summed E-state index contributed by atoms with van der Waals surface area (Å²) in [5.41, 5.74) is 5.90. The lowest BCUT2D eigenvalue weighted by Crippen LogP contribution is -2.14. The smallest absolute Gasteiger partial charge is 0.247 e. The first-order valence-corrected chi connectivity index (χ1v) is 6.50. The van der Waals surface area contributed by atoms with Gasteiger partial charge in [-0.15, -0.1) is 0 Å². The highest BCUT2D eigenvalue weighted by Gasteiger charge is 2.21. The van der Waals surface area contributed by atoms with Crippen LogP contribution in [0, 0.1) is 0 Å². The molecule has 0 aromatic carbocycles. The number of methoxy groups -OCH3 is 1. The summed E-state index contributed by atoms with van der Waals surface area (Å²) in [7, 11) is 1.60. The number of furan rings is 1. The molecule has 6 nitrogen and oxygen atoms in total. The van der Waals surface area contributed by atoms with E-state index in [-0.39, 0.29) is 18.1 Å². The van der Waals surface area contributed by atoms with Gasteiger partial charge in [0.15, 0.2) is 5.76 Å². The molecule has 0 radical (unpaired) electrons. The van der Waals surface area contributed by atoms with Crippen molar-refractivity contribution in [3.63, 3.8) is 0 Å². The second-order valence-corrected chi connectivity index (χ2v) is 4.71. The Bertz CT molecular complexity index is 577. The average molecular weight is 328 g/mol. The van der Waals surface area contributed by atoms with Crippen molar-refractivity contribution in [3.05, 3.63) is 40.0 Å². The summed E-state index contributed by atoms with van der Waals surface area (Å²) in [6.07, 6.45) is 1.58. The first-order chi connectivity index (χ1) is 9.17. The minimum Gasteiger partial charge on any atom is -0.456 e. The van der Waals surface area contributed by atoms with E-state index < -0.39 is 0 Å². The van der Waals surface area contributed by atoms with Gasteiger partial charge in [0.1, 0.15) is 11.5 Å². The Balaban J connectivity index is 2.29. The molecule has 2 aromatic heterocycles. The quantitative estimate of drug-likeness (QED) is 0.814. The summed E-state index contributed by atoms with van der Waals surface area (Å²) >= 11 is 3.32. The molecule has 0 unspecified atom stereocenters. The average Bonchev–Trinajstić information content (AvgIpc) is 3.02. The number of halogens is 1. The second kappa shape index (κ2) is 6.14. The molecule has 0 aliphatic heterocycles. The highest BCUT2D eigenvalue weighted by Crippen LogP contribution is 2.21. The van der Waals surface area contributed by atoms with Crippen LogP contribution in [0.5, 0.6) is 0 Å². The molecule has 0 aliphatic carbocycles. The van der Waals surface area contributed by atoms with Gasteiger partial charge in [0.2, 0.25) is 5.78 Å². The van der Waals surface area contributed by atoms with Crippen molar-refractivity contribution in [1.29, 1.82) is 0 Å². The number of carbonyl (C=O) groups excluding carboxylic acids is 1. The zero-order valence-electron chi connectivity index (χ0n) is 10.4. The first kappa shape index (κ1) is 14.0. The monoisotopic (exact) mass is 327 g/mol. The van der Waals surface area contributed by atoms with Crippen molar-refractivity contribution in [2.75, 3.05) is 13.7 Å². The minimum atomic E-state index is -0.236. The number of carbonyl (C=O) groups is 1. The molecule has 0 fully saturated rings. The maximum Gasteiger partial charge on any atom is 0.247 e.